The topological polar surface area (TPSA) is 48.1 Å². The largest absolute Gasteiger partial charge is 0.453 e. The monoisotopic (exact) mass is 282 g/mol. The van der Waals surface area contributed by atoms with Crippen LogP contribution in [-0.4, -0.2) is 4.98 Å². The zero-order valence-corrected chi connectivity index (χ0v) is 11.6. The van der Waals surface area contributed by atoms with Gasteiger partial charge < -0.3 is 10.5 Å². The van der Waals surface area contributed by atoms with E-state index in [2.05, 4.69) is 4.98 Å². The lowest BCUT2D eigenvalue weighted by Gasteiger charge is -2.15. The zero-order chi connectivity index (χ0) is 14.8. The quantitative estimate of drug-likeness (QED) is 0.783. The number of hydrogen-bond acceptors (Lipinski definition) is 3. The van der Waals surface area contributed by atoms with E-state index < -0.39 is 5.82 Å². The second-order valence-corrected chi connectivity index (χ2v) is 4.88. The number of nitrogens with zero attached hydrogens (tertiary/aromatic N) is 1. The lowest BCUT2D eigenvalue weighted by molar-refractivity contribution is 0.436. The number of benzene rings is 2. The number of ether oxygens (including phenoxy) is 1. The van der Waals surface area contributed by atoms with E-state index >= 15 is 0 Å². The van der Waals surface area contributed by atoms with Crippen LogP contribution in [-0.2, 0) is 0 Å². The Morgan fingerprint density at radius 1 is 1.10 bits per heavy atom. The average Bonchev–Trinajstić information content (AvgIpc) is 2.49. The maximum absolute atomic E-state index is 14.1. The van der Waals surface area contributed by atoms with E-state index in [4.69, 9.17) is 10.5 Å². The van der Waals surface area contributed by atoms with Crippen molar-refractivity contribution >= 4 is 10.9 Å². The molecule has 1 aromatic heterocycles. The van der Waals surface area contributed by atoms with Gasteiger partial charge in [0.15, 0.2) is 11.6 Å². The summed E-state index contributed by atoms with van der Waals surface area (Å²) in [7, 11) is 0. The summed E-state index contributed by atoms with van der Waals surface area (Å²) >= 11 is 0. The minimum absolute atomic E-state index is 0.170. The molecular formula is C17H15FN2O. The van der Waals surface area contributed by atoms with Crippen LogP contribution in [0.2, 0.25) is 0 Å². The van der Waals surface area contributed by atoms with Crippen LogP contribution in [0.4, 0.5) is 4.39 Å². The van der Waals surface area contributed by atoms with Crippen molar-refractivity contribution in [2.45, 2.75) is 13.0 Å². The highest BCUT2D eigenvalue weighted by Gasteiger charge is 2.15. The Kier molecular flexibility index (Phi) is 3.54. The summed E-state index contributed by atoms with van der Waals surface area (Å²) in [5, 5.41) is 0.832. The molecule has 0 unspecified atom stereocenters. The van der Waals surface area contributed by atoms with Gasteiger partial charge in [0.05, 0.1) is 5.52 Å². The minimum Gasteiger partial charge on any atom is -0.453 e. The number of halogens is 1. The number of hydrogen-bond donors (Lipinski definition) is 1. The number of pyridine rings is 1. The van der Waals surface area contributed by atoms with Gasteiger partial charge in [0.25, 0.3) is 0 Å². The molecule has 0 spiro atoms. The Bertz CT molecular complexity index is 781. The summed E-state index contributed by atoms with van der Waals surface area (Å²) in [5.41, 5.74) is 7.33. The molecule has 3 rings (SSSR count). The van der Waals surface area contributed by atoms with Gasteiger partial charge in [-0.05, 0) is 37.3 Å². The third-order valence-corrected chi connectivity index (χ3v) is 3.31. The lowest BCUT2D eigenvalue weighted by Crippen LogP contribution is -2.07. The maximum atomic E-state index is 14.1. The summed E-state index contributed by atoms with van der Waals surface area (Å²) in [6, 6.07) is 13.7. The molecule has 0 aliphatic rings. The smallest absolute Gasteiger partial charge is 0.167 e. The van der Waals surface area contributed by atoms with Crippen LogP contribution in [0, 0.1) is 5.82 Å². The van der Waals surface area contributed by atoms with Gasteiger partial charge in [-0.1, -0.05) is 18.2 Å². The van der Waals surface area contributed by atoms with Crippen LogP contribution in [0.3, 0.4) is 0 Å². The Hall–Kier alpha value is -2.46. The van der Waals surface area contributed by atoms with Crippen molar-refractivity contribution in [2.24, 2.45) is 5.73 Å². The van der Waals surface area contributed by atoms with Crippen molar-refractivity contribution in [3.05, 3.63) is 66.1 Å². The van der Waals surface area contributed by atoms with Gasteiger partial charge in [-0.3, -0.25) is 4.98 Å². The van der Waals surface area contributed by atoms with Crippen LogP contribution in [0.5, 0.6) is 11.5 Å². The van der Waals surface area contributed by atoms with Crippen LogP contribution in [0.1, 0.15) is 18.5 Å². The van der Waals surface area contributed by atoms with Crippen LogP contribution < -0.4 is 10.5 Å². The van der Waals surface area contributed by atoms with Gasteiger partial charge in [0, 0.05) is 23.2 Å². The molecule has 0 aliphatic heterocycles. The number of nitrogens with two attached hydrogens (primary N) is 1. The molecule has 106 valence electrons. The van der Waals surface area contributed by atoms with Crippen molar-refractivity contribution in [3.8, 4) is 11.5 Å². The summed E-state index contributed by atoms with van der Waals surface area (Å²) in [6.45, 7) is 1.80. The molecule has 3 aromatic rings. The van der Waals surface area contributed by atoms with Gasteiger partial charge in [-0.25, -0.2) is 4.39 Å². The Labute approximate surface area is 122 Å². The van der Waals surface area contributed by atoms with Crippen molar-refractivity contribution in [1.29, 1.82) is 0 Å². The van der Waals surface area contributed by atoms with Gasteiger partial charge in [0.1, 0.15) is 5.75 Å². The molecule has 0 aliphatic carbocycles. The van der Waals surface area contributed by atoms with Crippen molar-refractivity contribution in [2.75, 3.05) is 0 Å². The van der Waals surface area contributed by atoms with E-state index in [-0.39, 0.29) is 11.8 Å². The van der Waals surface area contributed by atoms with E-state index in [1.807, 2.05) is 24.3 Å². The fourth-order valence-electron chi connectivity index (χ4n) is 2.27. The number of aromatic nitrogens is 1. The standard InChI is InChI=1S/C17H15FN2O/c1-11(19)12-5-2-7-14(18)17(12)21-16-9-3-8-15-13(16)6-4-10-20-15/h2-11H,19H2,1H3/t11-/m0/s1. The third kappa shape index (κ3) is 2.58. The molecular weight excluding hydrogens is 267 g/mol. The first-order valence-electron chi connectivity index (χ1n) is 6.72. The molecule has 4 heteroatoms. The first-order chi connectivity index (χ1) is 10.2. The maximum Gasteiger partial charge on any atom is 0.167 e. The van der Waals surface area contributed by atoms with Gasteiger partial charge in [0.2, 0.25) is 0 Å². The highest BCUT2D eigenvalue weighted by atomic mass is 19.1. The highest BCUT2D eigenvalue weighted by molar-refractivity contribution is 5.85. The minimum atomic E-state index is -0.425. The van der Waals surface area contributed by atoms with Gasteiger partial charge in [-0.15, -0.1) is 0 Å². The Morgan fingerprint density at radius 3 is 2.71 bits per heavy atom. The van der Waals surface area contributed by atoms with Crippen LogP contribution in [0.25, 0.3) is 10.9 Å². The molecule has 2 aromatic carbocycles. The molecule has 0 bridgehead atoms. The normalized spacial score (nSPS) is 12.3. The average molecular weight is 282 g/mol. The second-order valence-electron chi connectivity index (χ2n) is 4.88. The predicted octanol–water partition coefficient (Wildman–Crippen LogP) is 4.19. The van der Waals surface area contributed by atoms with Crippen LogP contribution >= 0.6 is 0 Å². The number of para-hydroxylation sites is 1. The van der Waals surface area contributed by atoms with Crippen molar-refractivity contribution in [1.82, 2.24) is 4.98 Å². The molecule has 0 saturated carbocycles. The van der Waals surface area contributed by atoms with Crippen LogP contribution in [0.15, 0.2) is 54.7 Å². The number of fused-ring (bicyclic) bond motifs is 1. The van der Waals surface area contributed by atoms with Gasteiger partial charge in [-0.2, -0.15) is 0 Å². The lowest BCUT2D eigenvalue weighted by atomic mass is 10.1. The Morgan fingerprint density at radius 2 is 1.90 bits per heavy atom. The van der Waals surface area contributed by atoms with E-state index in [1.54, 1.807) is 31.3 Å². The Balaban J connectivity index is 2.11. The molecule has 0 fully saturated rings. The van der Waals surface area contributed by atoms with E-state index in [1.165, 1.54) is 6.07 Å². The third-order valence-electron chi connectivity index (χ3n) is 3.31. The first-order valence-corrected chi connectivity index (χ1v) is 6.72. The summed E-state index contributed by atoms with van der Waals surface area (Å²) in [4.78, 5) is 4.27. The summed E-state index contributed by atoms with van der Waals surface area (Å²) < 4.78 is 19.9. The molecule has 0 radical (unpaired) electrons. The molecule has 0 amide bonds. The molecule has 2 N–H and O–H groups in total. The van der Waals surface area contributed by atoms with E-state index in [0.717, 1.165) is 10.9 Å². The molecule has 3 nitrogen and oxygen atoms in total. The van der Waals surface area contributed by atoms with Crippen molar-refractivity contribution < 1.29 is 9.13 Å². The molecule has 21 heavy (non-hydrogen) atoms. The summed E-state index contributed by atoms with van der Waals surface area (Å²) in [5.74, 6) is 0.308. The number of rotatable bonds is 3. The molecule has 1 heterocycles. The second kappa shape index (κ2) is 5.50. The zero-order valence-electron chi connectivity index (χ0n) is 11.6. The molecule has 0 saturated heterocycles. The fraction of sp³-hybridized carbons (Fsp3) is 0.118. The van der Waals surface area contributed by atoms with Crippen molar-refractivity contribution in [3.63, 3.8) is 0 Å². The summed E-state index contributed by atoms with van der Waals surface area (Å²) in [6.07, 6.45) is 1.71. The highest BCUT2D eigenvalue weighted by Crippen LogP contribution is 2.34. The van der Waals surface area contributed by atoms with Gasteiger partial charge >= 0.3 is 0 Å². The first kappa shape index (κ1) is 13.5. The fourth-order valence-corrected chi connectivity index (χ4v) is 2.27. The van der Waals surface area contributed by atoms with E-state index in [0.29, 0.717) is 11.3 Å². The van der Waals surface area contributed by atoms with E-state index in [9.17, 15) is 4.39 Å². The SMILES string of the molecule is C[C@H](N)c1cccc(F)c1Oc1cccc2ncccc12. The molecule has 1 atom stereocenters. The predicted molar refractivity (Wildman–Crippen MR) is 80.8 cm³/mol.